The van der Waals surface area contributed by atoms with E-state index in [1.54, 1.807) is 0 Å². The minimum atomic E-state index is 0.708. The van der Waals surface area contributed by atoms with Gasteiger partial charge in [0, 0.05) is 13.2 Å². The van der Waals surface area contributed by atoms with Crippen molar-refractivity contribution < 1.29 is 0 Å². The highest BCUT2D eigenvalue weighted by Gasteiger charge is 2.29. The number of aromatic nitrogens is 2. The second kappa shape index (κ2) is 6.37. The fraction of sp³-hybridized carbons (Fsp3) is 0.800. The highest BCUT2D eigenvalue weighted by molar-refractivity contribution is 5.01. The number of hydrogen-bond acceptors (Lipinski definition) is 2. The first-order valence-electron chi connectivity index (χ1n) is 7.41. The number of nitrogens with zero attached hydrogens (tertiary/aromatic N) is 2. The summed E-state index contributed by atoms with van der Waals surface area (Å²) in [5.41, 5.74) is 7.18. The largest absolute Gasteiger partial charge is 0.330 e. The molecule has 3 unspecified atom stereocenters. The Bertz CT molecular complexity index is 358. The van der Waals surface area contributed by atoms with Gasteiger partial charge in [-0.05, 0) is 49.6 Å². The molecule has 3 heteroatoms. The lowest BCUT2D eigenvalue weighted by atomic mass is 9.71. The molecule has 1 aliphatic carbocycles. The molecule has 2 N–H and O–H groups in total. The molecule has 1 aromatic heterocycles. The van der Waals surface area contributed by atoms with E-state index >= 15 is 0 Å². The minimum absolute atomic E-state index is 0.708. The van der Waals surface area contributed by atoms with E-state index in [1.165, 1.54) is 37.8 Å². The number of hydrogen-bond donors (Lipinski definition) is 1. The lowest BCUT2D eigenvalue weighted by molar-refractivity contribution is 0.174. The van der Waals surface area contributed by atoms with Crippen molar-refractivity contribution in [3.8, 4) is 0 Å². The molecule has 0 aromatic carbocycles. The summed E-state index contributed by atoms with van der Waals surface area (Å²) >= 11 is 0. The maximum Gasteiger partial charge on any atom is 0.0627 e. The third-order valence-corrected chi connectivity index (χ3v) is 4.49. The maximum atomic E-state index is 5.95. The Morgan fingerprint density at radius 3 is 2.83 bits per heavy atom. The molecule has 1 aliphatic rings. The second-order valence-corrected chi connectivity index (χ2v) is 5.91. The predicted molar refractivity (Wildman–Crippen MR) is 75.2 cm³/mol. The van der Waals surface area contributed by atoms with Gasteiger partial charge in [0.05, 0.1) is 5.69 Å². The van der Waals surface area contributed by atoms with E-state index in [1.807, 2.05) is 17.9 Å². The maximum absolute atomic E-state index is 5.95. The van der Waals surface area contributed by atoms with Gasteiger partial charge in [-0.2, -0.15) is 5.10 Å². The molecule has 102 valence electrons. The van der Waals surface area contributed by atoms with Crippen molar-refractivity contribution in [2.75, 3.05) is 6.54 Å². The topological polar surface area (TPSA) is 43.8 Å². The molecule has 0 amide bonds. The first-order chi connectivity index (χ1) is 8.72. The van der Waals surface area contributed by atoms with Crippen LogP contribution in [0.5, 0.6) is 0 Å². The van der Waals surface area contributed by atoms with Crippen molar-refractivity contribution in [3.05, 3.63) is 18.0 Å². The quantitative estimate of drug-likeness (QED) is 0.872. The first-order valence-corrected chi connectivity index (χ1v) is 7.41. The SMILES string of the molecule is CCCC1CCC(CN)C(Cc2ccn(C)n2)C1. The molecule has 3 atom stereocenters. The van der Waals surface area contributed by atoms with Crippen molar-refractivity contribution in [2.45, 2.75) is 45.4 Å². The Morgan fingerprint density at radius 1 is 1.39 bits per heavy atom. The highest BCUT2D eigenvalue weighted by atomic mass is 15.2. The van der Waals surface area contributed by atoms with Crippen LogP contribution in [-0.4, -0.2) is 16.3 Å². The molecule has 3 nitrogen and oxygen atoms in total. The van der Waals surface area contributed by atoms with E-state index in [2.05, 4.69) is 18.1 Å². The van der Waals surface area contributed by atoms with Crippen LogP contribution in [0, 0.1) is 17.8 Å². The second-order valence-electron chi connectivity index (χ2n) is 5.91. The van der Waals surface area contributed by atoms with Crippen LogP contribution in [0.4, 0.5) is 0 Å². The Kier molecular flexibility index (Phi) is 4.81. The van der Waals surface area contributed by atoms with Gasteiger partial charge in [-0.25, -0.2) is 0 Å². The molecule has 1 saturated carbocycles. The Balaban J connectivity index is 1.97. The fourth-order valence-electron chi connectivity index (χ4n) is 3.50. The van der Waals surface area contributed by atoms with Gasteiger partial charge in [-0.3, -0.25) is 4.68 Å². The van der Waals surface area contributed by atoms with Crippen molar-refractivity contribution >= 4 is 0 Å². The van der Waals surface area contributed by atoms with Gasteiger partial charge < -0.3 is 5.73 Å². The first kappa shape index (κ1) is 13.6. The molecule has 2 rings (SSSR count). The number of rotatable bonds is 5. The summed E-state index contributed by atoms with van der Waals surface area (Å²) in [4.78, 5) is 0. The molecule has 0 aliphatic heterocycles. The van der Waals surface area contributed by atoms with Gasteiger partial charge in [0.25, 0.3) is 0 Å². The van der Waals surface area contributed by atoms with E-state index in [0.717, 1.165) is 24.8 Å². The Morgan fingerprint density at radius 2 is 2.22 bits per heavy atom. The van der Waals surface area contributed by atoms with Crippen LogP contribution in [0.1, 0.15) is 44.7 Å². The lowest BCUT2D eigenvalue weighted by Crippen LogP contribution is -2.31. The average Bonchev–Trinajstić information content (AvgIpc) is 2.76. The summed E-state index contributed by atoms with van der Waals surface area (Å²) in [5.74, 6) is 2.38. The molecule has 1 heterocycles. The third kappa shape index (κ3) is 3.35. The molecule has 0 spiro atoms. The molecule has 0 radical (unpaired) electrons. The van der Waals surface area contributed by atoms with Crippen LogP contribution in [0.2, 0.25) is 0 Å². The molecular formula is C15H27N3. The van der Waals surface area contributed by atoms with Crippen molar-refractivity contribution in [1.82, 2.24) is 9.78 Å². The molecule has 0 bridgehead atoms. The molecule has 1 fully saturated rings. The lowest BCUT2D eigenvalue weighted by Gasteiger charge is -2.35. The van der Waals surface area contributed by atoms with Crippen LogP contribution >= 0.6 is 0 Å². The monoisotopic (exact) mass is 249 g/mol. The van der Waals surface area contributed by atoms with E-state index < -0.39 is 0 Å². The number of aryl methyl sites for hydroxylation is 1. The van der Waals surface area contributed by atoms with E-state index in [9.17, 15) is 0 Å². The summed E-state index contributed by atoms with van der Waals surface area (Å²) in [7, 11) is 1.99. The van der Waals surface area contributed by atoms with Gasteiger partial charge in [-0.1, -0.05) is 26.2 Å². The van der Waals surface area contributed by atoms with Gasteiger partial charge in [0.15, 0.2) is 0 Å². The standard InChI is InChI=1S/C15H27N3/c1-3-4-12-5-6-13(11-16)14(9-12)10-15-7-8-18(2)17-15/h7-8,12-14H,3-6,9-11,16H2,1-2H3. The van der Waals surface area contributed by atoms with Crippen LogP contribution in [0.25, 0.3) is 0 Å². The van der Waals surface area contributed by atoms with Gasteiger partial charge >= 0.3 is 0 Å². The van der Waals surface area contributed by atoms with Crippen molar-refractivity contribution in [2.24, 2.45) is 30.5 Å². The van der Waals surface area contributed by atoms with Crippen LogP contribution in [0.3, 0.4) is 0 Å². The van der Waals surface area contributed by atoms with Crippen molar-refractivity contribution in [3.63, 3.8) is 0 Å². The minimum Gasteiger partial charge on any atom is -0.330 e. The van der Waals surface area contributed by atoms with Gasteiger partial charge in [-0.15, -0.1) is 0 Å². The molecule has 18 heavy (non-hydrogen) atoms. The van der Waals surface area contributed by atoms with E-state index in [0.29, 0.717) is 5.92 Å². The summed E-state index contributed by atoms with van der Waals surface area (Å²) in [6.07, 6.45) is 9.91. The summed E-state index contributed by atoms with van der Waals surface area (Å²) in [6, 6.07) is 2.15. The Labute approximate surface area is 111 Å². The van der Waals surface area contributed by atoms with Gasteiger partial charge in [0.2, 0.25) is 0 Å². The molecular weight excluding hydrogens is 222 g/mol. The Hall–Kier alpha value is -0.830. The zero-order valence-corrected chi connectivity index (χ0v) is 11.8. The smallest absolute Gasteiger partial charge is 0.0627 e. The van der Waals surface area contributed by atoms with E-state index in [-0.39, 0.29) is 0 Å². The normalized spacial score (nSPS) is 28.5. The third-order valence-electron chi connectivity index (χ3n) is 4.49. The number of nitrogens with two attached hydrogens (primary N) is 1. The molecule has 1 aromatic rings. The highest BCUT2D eigenvalue weighted by Crippen LogP contribution is 2.37. The fourth-order valence-corrected chi connectivity index (χ4v) is 3.50. The average molecular weight is 249 g/mol. The summed E-state index contributed by atoms with van der Waals surface area (Å²) in [5, 5.41) is 4.52. The van der Waals surface area contributed by atoms with Crippen LogP contribution < -0.4 is 5.73 Å². The van der Waals surface area contributed by atoms with Crippen molar-refractivity contribution in [1.29, 1.82) is 0 Å². The van der Waals surface area contributed by atoms with Gasteiger partial charge in [0.1, 0.15) is 0 Å². The van der Waals surface area contributed by atoms with Crippen LogP contribution in [0.15, 0.2) is 12.3 Å². The van der Waals surface area contributed by atoms with Crippen LogP contribution in [-0.2, 0) is 13.5 Å². The zero-order valence-electron chi connectivity index (χ0n) is 11.8. The zero-order chi connectivity index (χ0) is 13.0. The molecule has 0 saturated heterocycles. The summed E-state index contributed by atoms with van der Waals surface area (Å²) < 4.78 is 1.90. The predicted octanol–water partition coefficient (Wildman–Crippen LogP) is 2.75. The van der Waals surface area contributed by atoms with E-state index in [4.69, 9.17) is 5.73 Å². The summed E-state index contributed by atoms with van der Waals surface area (Å²) in [6.45, 7) is 3.14.